The van der Waals surface area contributed by atoms with Crippen molar-refractivity contribution < 1.29 is 13.9 Å². The first-order valence-electron chi connectivity index (χ1n) is 12.8. The number of anilines is 1. The van der Waals surface area contributed by atoms with Crippen LogP contribution < -0.4 is 16.4 Å². The molecule has 196 valence electrons. The lowest BCUT2D eigenvalue weighted by Crippen LogP contribution is -2.47. The SMILES string of the molecule is COCCN1CCN(c2ccc(-c3cccc4c3C(N=C(N)N)=C(Cc3ccc(F)cc3)C4=O)cc2)CC1. The van der Waals surface area contributed by atoms with Crippen LogP contribution in [-0.2, 0) is 11.2 Å². The quantitative estimate of drug-likeness (QED) is 0.352. The number of aliphatic imine (C=N–C) groups is 1. The van der Waals surface area contributed by atoms with E-state index in [1.54, 1.807) is 25.3 Å². The molecule has 0 spiro atoms. The van der Waals surface area contributed by atoms with Gasteiger partial charge in [-0.05, 0) is 41.0 Å². The second kappa shape index (κ2) is 11.2. The Bertz CT molecular complexity index is 1370. The summed E-state index contributed by atoms with van der Waals surface area (Å²) in [5.74, 6) is -0.562. The third-order valence-corrected chi connectivity index (χ3v) is 7.17. The number of guanidine groups is 1. The molecule has 0 amide bonds. The molecule has 3 aromatic carbocycles. The van der Waals surface area contributed by atoms with Gasteiger partial charge >= 0.3 is 0 Å². The van der Waals surface area contributed by atoms with E-state index in [1.807, 2.05) is 12.1 Å². The Kier molecular flexibility index (Phi) is 7.53. The molecule has 1 heterocycles. The number of hydrogen-bond acceptors (Lipinski definition) is 5. The summed E-state index contributed by atoms with van der Waals surface area (Å²) in [5.41, 5.74) is 17.7. The summed E-state index contributed by atoms with van der Waals surface area (Å²) in [7, 11) is 1.73. The summed E-state index contributed by atoms with van der Waals surface area (Å²) in [4.78, 5) is 22.7. The van der Waals surface area contributed by atoms with Gasteiger partial charge in [-0.25, -0.2) is 9.38 Å². The highest BCUT2D eigenvalue weighted by Crippen LogP contribution is 2.41. The minimum atomic E-state index is -0.327. The van der Waals surface area contributed by atoms with Crippen LogP contribution in [0.4, 0.5) is 10.1 Å². The fourth-order valence-corrected chi connectivity index (χ4v) is 5.18. The van der Waals surface area contributed by atoms with E-state index in [9.17, 15) is 9.18 Å². The second-order valence-corrected chi connectivity index (χ2v) is 9.59. The number of nitrogens with zero attached hydrogens (tertiary/aromatic N) is 3. The number of ketones is 1. The van der Waals surface area contributed by atoms with Gasteiger partial charge < -0.3 is 21.1 Å². The number of rotatable bonds is 8. The summed E-state index contributed by atoms with van der Waals surface area (Å²) in [6, 6.07) is 20.2. The van der Waals surface area contributed by atoms with Crippen molar-refractivity contribution in [1.29, 1.82) is 0 Å². The Morgan fingerprint density at radius 1 is 0.947 bits per heavy atom. The minimum Gasteiger partial charge on any atom is -0.383 e. The van der Waals surface area contributed by atoms with Crippen molar-refractivity contribution in [2.24, 2.45) is 16.5 Å². The number of Topliss-reactive ketones (excluding diaryl/α,β-unsaturated/α-hetero) is 1. The number of piperazine rings is 1. The van der Waals surface area contributed by atoms with Gasteiger partial charge in [0.1, 0.15) is 5.82 Å². The summed E-state index contributed by atoms with van der Waals surface area (Å²) < 4.78 is 18.7. The van der Waals surface area contributed by atoms with Crippen molar-refractivity contribution in [2.45, 2.75) is 6.42 Å². The highest BCUT2D eigenvalue weighted by atomic mass is 19.1. The largest absolute Gasteiger partial charge is 0.383 e. The zero-order valence-corrected chi connectivity index (χ0v) is 21.5. The average molecular weight is 514 g/mol. The molecule has 0 atom stereocenters. The van der Waals surface area contributed by atoms with Gasteiger partial charge in [0.15, 0.2) is 11.7 Å². The summed E-state index contributed by atoms with van der Waals surface area (Å²) >= 11 is 0. The van der Waals surface area contributed by atoms with Gasteiger partial charge in [-0.3, -0.25) is 9.69 Å². The number of allylic oxidation sites excluding steroid dienone is 1. The van der Waals surface area contributed by atoms with Crippen molar-refractivity contribution >= 4 is 23.1 Å². The standard InChI is InChI=1S/C30H32FN5O2/c1-38-18-17-35-13-15-36(16-14-35)23-11-7-21(8-12-23)24-3-2-4-25-27(24)28(34-30(32)33)26(29(25)37)19-20-5-9-22(31)10-6-20/h2-12H,13-19H2,1H3,(H4,32,33,34). The van der Waals surface area contributed by atoms with Crippen LogP contribution in [0.25, 0.3) is 16.8 Å². The summed E-state index contributed by atoms with van der Waals surface area (Å²) in [6.45, 7) is 5.63. The molecule has 2 aliphatic rings. The van der Waals surface area contributed by atoms with Crippen LogP contribution in [0.15, 0.2) is 77.3 Å². The van der Waals surface area contributed by atoms with Gasteiger partial charge in [-0.15, -0.1) is 0 Å². The van der Waals surface area contributed by atoms with E-state index in [1.165, 1.54) is 17.8 Å². The first kappa shape index (κ1) is 25.6. The number of benzene rings is 3. The molecule has 0 radical (unpaired) electrons. The molecular weight excluding hydrogens is 481 g/mol. The van der Waals surface area contributed by atoms with Crippen LogP contribution >= 0.6 is 0 Å². The third kappa shape index (κ3) is 5.32. The average Bonchev–Trinajstić information content (AvgIpc) is 3.19. The van der Waals surface area contributed by atoms with Gasteiger partial charge in [0, 0.05) is 68.6 Å². The predicted octanol–water partition coefficient (Wildman–Crippen LogP) is 3.68. The van der Waals surface area contributed by atoms with Crippen LogP contribution in [-0.4, -0.2) is 63.1 Å². The fraction of sp³-hybridized carbons (Fsp3) is 0.267. The number of hydrogen-bond donors (Lipinski definition) is 2. The number of halogens is 1. The number of nitrogens with two attached hydrogens (primary N) is 2. The van der Waals surface area contributed by atoms with Gasteiger partial charge in [0.05, 0.1) is 12.3 Å². The predicted molar refractivity (Wildman–Crippen MR) is 150 cm³/mol. The maximum atomic E-state index is 13.5. The highest BCUT2D eigenvalue weighted by Gasteiger charge is 2.32. The van der Waals surface area contributed by atoms with E-state index in [-0.39, 0.29) is 17.6 Å². The minimum absolute atomic E-state index is 0.117. The first-order chi connectivity index (χ1) is 18.4. The van der Waals surface area contributed by atoms with Crippen LogP contribution in [0.1, 0.15) is 21.5 Å². The topological polar surface area (TPSA) is 97.2 Å². The molecule has 0 bridgehead atoms. The molecule has 8 heteroatoms. The second-order valence-electron chi connectivity index (χ2n) is 9.59. The molecule has 7 nitrogen and oxygen atoms in total. The number of carbonyl (C=O) groups is 1. The van der Waals surface area contributed by atoms with Crippen LogP contribution in [0.2, 0.25) is 0 Å². The molecule has 4 N–H and O–H groups in total. The van der Waals surface area contributed by atoms with Crippen molar-refractivity contribution in [3.05, 3.63) is 94.8 Å². The van der Waals surface area contributed by atoms with Crippen LogP contribution in [0, 0.1) is 5.82 Å². The van der Waals surface area contributed by atoms with E-state index in [0.717, 1.165) is 61.6 Å². The lowest BCUT2D eigenvalue weighted by atomic mass is 9.95. The van der Waals surface area contributed by atoms with E-state index in [2.05, 4.69) is 39.1 Å². The van der Waals surface area contributed by atoms with E-state index >= 15 is 0 Å². The van der Waals surface area contributed by atoms with Crippen LogP contribution in [0.5, 0.6) is 0 Å². The molecule has 0 saturated carbocycles. The van der Waals surface area contributed by atoms with Crippen molar-refractivity contribution in [1.82, 2.24) is 4.90 Å². The monoisotopic (exact) mass is 513 g/mol. The highest BCUT2D eigenvalue weighted by molar-refractivity contribution is 6.23. The van der Waals surface area contributed by atoms with Gasteiger partial charge in [-0.1, -0.05) is 42.5 Å². The molecule has 1 fully saturated rings. The molecule has 0 unspecified atom stereocenters. The number of fused-ring (bicyclic) bond motifs is 1. The lowest BCUT2D eigenvalue weighted by molar-refractivity contribution is 0.103. The van der Waals surface area contributed by atoms with Crippen molar-refractivity contribution in [3.8, 4) is 11.1 Å². The van der Waals surface area contributed by atoms with Gasteiger partial charge in [-0.2, -0.15) is 0 Å². The Morgan fingerprint density at radius 2 is 1.63 bits per heavy atom. The molecule has 3 aromatic rings. The summed E-state index contributed by atoms with van der Waals surface area (Å²) in [5, 5.41) is 0. The van der Waals surface area contributed by atoms with E-state index in [0.29, 0.717) is 23.3 Å². The van der Waals surface area contributed by atoms with E-state index < -0.39 is 0 Å². The lowest BCUT2D eigenvalue weighted by Gasteiger charge is -2.36. The first-order valence-corrected chi connectivity index (χ1v) is 12.8. The zero-order chi connectivity index (χ0) is 26.6. The Morgan fingerprint density at radius 3 is 2.29 bits per heavy atom. The molecule has 1 saturated heterocycles. The molecule has 5 rings (SSSR count). The maximum absolute atomic E-state index is 13.5. The molecule has 0 aromatic heterocycles. The molecule has 38 heavy (non-hydrogen) atoms. The number of methoxy groups -OCH3 is 1. The smallest absolute Gasteiger partial charge is 0.192 e. The van der Waals surface area contributed by atoms with Crippen molar-refractivity contribution in [2.75, 3.05) is 51.3 Å². The molecule has 1 aliphatic carbocycles. The fourth-order valence-electron chi connectivity index (χ4n) is 5.18. The normalized spacial score (nSPS) is 15.6. The zero-order valence-electron chi connectivity index (χ0n) is 21.5. The van der Waals surface area contributed by atoms with Crippen LogP contribution in [0.3, 0.4) is 0 Å². The summed E-state index contributed by atoms with van der Waals surface area (Å²) in [6.07, 6.45) is 0.300. The number of carbonyl (C=O) groups excluding carboxylic acids is 1. The Balaban J connectivity index is 1.45. The molecule has 1 aliphatic heterocycles. The molecular formula is C30H32FN5O2. The van der Waals surface area contributed by atoms with Crippen molar-refractivity contribution in [3.63, 3.8) is 0 Å². The number of ether oxygens (including phenoxy) is 1. The van der Waals surface area contributed by atoms with E-state index in [4.69, 9.17) is 16.2 Å². The third-order valence-electron chi connectivity index (χ3n) is 7.17. The maximum Gasteiger partial charge on any atom is 0.192 e. The van der Waals surface area contributed by atoms with Gasteiger partial charge in [0.25, 0.3) is 0 Å². The van der Waals surface area contributed by atoms with Gasteiger partial charge in [0.2, 0.25) is 0 Å². The Hall–Kier alpha value is -4.01. The Labute approximate surface area is 222 Å².